The van der Waals surface area contributed by atoms with Gasteiger partial charge in [-0.25, -0.2) is 9.37 Å². The lowest BCUT2D eigenvalue weighted by Crippen LogP contribution is -2.26. The van der Waals surface area contributed by atoms with Crippen LogP contribution >= 0.6 is 0 Å². The number of benzene rings is 2. The van der Waals surface area contributed by atoms with Crippen LogP contribution in [0, 0.1) is 19.7 Å². The van der Waals surface area contributed by atoms with E-state index in [1.807, 2.05) is 18.4 Å². The second-order valence-electron chi connectivity index (χ2n) is 8.09. The standard InChI is InChI=1S/C26H24FN3O4/c1-17-13-22(18(2)30(17)12-11-19-7-9-20(27)10-8-19)24(31)15-34-25(32)14-29-16-28-23-6-4-3-5-21(23)26(29)33/h3-10,13,16H,11-12,14-15H2,1-2H3. The fraction of sp³-hybridized carbons (Fsp3) is 0.231. The third-order valence-corrected chi connectivity index (χ3v) is 5.81. The number of rotatable bonds is 8. The number of halogens is 1. The van der Waals surface area contributed by atoms with Crippen LogP contribution in [0.25, 0.3) is 10.9 Å². The van der Waals surface area contributed by atoms with Gasteiger partial charge in [0.2, 0.25) is 5.78 Å². The lowest BCUT2D eigenvalue weighted by atomic mass is 10.1. The molecule has 0 aliphatic heterocycles. The number of carbonyl (C=O) groups is 2. The van der Waals surface area contributed by atoms with Crippen molar-refractivity contribution in [3.63, 3.8) is 0 Å². The molecule has 2 heterocycles. The normalized spacial score (nSPS) is 11.0. The van der Waals surface area contributed by atoms with Gasteiger partial charge in [-0.2, -0.15) is 0 Å². The summed E-state index contributed by atoms with van der Waals surface area (Å²) in [5, 5.41) is 0.405. The Morgan fingerprint density at radius 1 is 1.06 bits per heavy atom. The zero-order valence-corrected chi connectivity index (χ0v) is 19.0. The van der Waals surface area contributed by atoms with Gasteiger partial charge in [-0.3, -0.25) is 19.0 Å². The molecule has 8 heteroatoms. The summed E-state index contributed by atoms with van der Waals surface area (Å²) < 4.78 is 21.4. The number of hydrogen-bond acceptors (Lipinski definition) is 5. The number of ether oxygens (including phenoxy) is 1. The Bertz CT molecular complexity index is 1420. The van der Waals surface area contributed by atoms with E-state index in [-0.39, 0.29) is 23.7 Å². The van der Waals surface area contributed by atoms with Crippen molar-refractivity contribution in [2.75, 3.05) is 6.61 Å². The summed E-state index contributed by atoms with van der Waals surface area (Å²) in [6.45, 7) is 3.62. The number of fused-ring (bicyclic) bond motifs is 1. The average molecular weight is 461 g/mol. The molecule has 0 radical (unpaired) electrons. The average Bonchev–Trinajstić information content (AvgIpc) is 3.12. The van der Waals surface area contributed by atoms with E-state index in [1.54, 1.807) is 42.5 Å². The van der Waals surface area contributed by atoms with Crippen LogP contribution < -0.4 is 5.56 Å². The van der Waals surface area contributed by atoms with Crippen molar-refractivity contribution in [2.45, 2.75) is 33.4 Å². The fourth-order valence-electron chi connectivity index (χ4n) is 3.95. The van der Waals surface area contributed by atoms with Crippen molar-refractivity contribution in [2.24, 2.45) is 0 Å². The van der Waals surface area contributed by atoms with E-state index in [1.165, 1.54) is 18.5 Å². The molecule has 0 aliphatic rings. The summed E-state index contributed by atoms with van der Waals surface area (Å²) in [6.07, 6.45) is 1.98. The third-order valence-electron chi connectivity index (χ3n) is 5.81. The summed E-state index contributed by atoms with van der Waals surface area (Å²) in [7, 11) is 0. The van der Waals surface area contributed by atoms with E-state index >= 15 is 0 Å². The molecule has 174 valence electrons. The number of carbonyl (C=O) groups excluding carboxylic acids is 2. The van der Waals surface area contributed by atoms with Gasteiger partial charge < -0.3 is 9.30 Å². The number of esters is 1. The third kappa shape index (κ3) is 4.96. The van der Waals surface area contributed by atoms with Crippen LogP contribution in [-0.2, 0) is 29.0 Å². The summed E-state index contributed by atoms with van der Waals surface area (Å²) in [6, 6.07) is 15.0. The Hall–Kier alpha value is -4.07. The molecule has 0 bridgehead atoms. The summed E-state index contributed by atoms with van der Waals surface area (Å²) in [5.74, 6) is -1.29. The summed E-state index contributed by atoms with van der Waals surface area (Å²) >= 11 is 0. The second kappa shape index (κ2) is 9.82. The second-order valence-corrected chi connectivity index (χ2v) is 8.09. The molecular formula is C26H24FN3O4. The first-order valence-electron chi connectivity index (χ1n) is 10.9. The van der Waals surface area contributed by atoms with Gasteiger partial charge >= 0.3 is 5.97 Å². The number of ketones is 1. The van der Waals surface area contributed by atoms with Crippen LogP contribution in [0.3, 0.4) is 0 Å². The van der Waals surface area contributed by atoms with E-state index in [0.29, 0.717) is 29.4 Å². The molecule has 0 fully saturated rings. The largest absolute Gasteiger partial charge is 0.456 e. The lowest BCUT2D eigenvalue weighted by Gasteiger charge is -2.10. The molecule has 4 aromatic rings. The number of Topliss-reactive ketones (excluding diaryl/α,β-unsaturated/α-hetero) is 1. The minimum Gasteiger partial charge on any atom is -0.456 e. The maximum Gasteiger partial charge on any atom is 0.326 e. The predicted octanol–water partition coefficient (Wildman–Crippen LogP) is 3.62. The first-order valence-corrected chi connectivity index (χ1v) is 10.9. The van der Waals surface area contributed by atoms with E-state index in [2.05, 4.69) is 4.98 Å². The SMILES string of the molecule is Cc1cc(C(=O)COC(=O)Cn2cnc3ccccc3c2=O)c(C)n1CCc1ccc(F)cc1. The molecule has 4 rings (SSSR count). The molecule has 7 nitrogen and oxygen atoms in total. The molecule has 0 aliphatic carbocycles. The Balaban J connectivity index is 1.38. The maximum absolute atomic E-state index is 13.1. The number of para-hydroxylation sites is 1. The number of nitrogens with zero attached hydrogens (tertiary/aromatic N) is 3. The molecule has 0 saturated heterocycles. The first-order chi connectivity index (χ1) is 16.3. The van der Waals surface area contributed by atoms with Crippen LogP contribution in [0.15, 0.2) is 65.7 Å². The lowest BCUT2D eigenvalue weighted by molar-refractivity contribution is -0.143. The minimum absolute atomic E-state index is 0.277. The molecule has 0 saturated carbocycles. The number of hydrogen-bond donors (Lipinski definition) is 0. The van der Waals surface area contributed by atoms with Gasteiger partial charge in [-0.1, -0.05) is 24.3 Å². The van der Waals surface area contributed by atoms with Gasteiger partial charge in [-0.15, -0.1) is 0 Å². The molecule has 0 atom stereocenters. The van der Waals surface area contributed by atoms with Gasteiger partial charge in [0.05, 0.1) is 17.2 Å². The van der Waals surface area contributed by atoms with Gasteiger partial charge in [0, 0.05) is 23.5 Å². The van der Waals surface area contributed by atoms with E-state index in [4.69, 9.17) is 4.74 Å². The smallest absolute Gasteiger partial charge is 0.326 e. The highest BCUT2D eigenvalue weighted by Gasteiger charge is 2.18. The Morgan fingerprint density at radius 2 is 1.79 bits per heavy atom. The topological polar surface area (TPSA) is 83.2 Å². The molecule has 34 heavy (non-hydrogen) atoms. The van der Waals surface area contributed by atoms with Crippen molar-refractivity contribution in [1.82, 2.24) is 14.1 Å². The zero-order valence-electron chi connectivity index (χ0n) is 19.0. The Labute approximate surface area is 195 Å². The van der Waals surface area contributed by atoms with Crippen molar-refractivity contribution >= 4 is 22.7 Å². The Morgan fingerprint density at radius 3 is 2.56 bits per heavy atom. The van der Waals surface area contributed by atoms with Crippen LogP contribution in [0.5, 0.6) is 0 Å². The van der Waals surface area contributed by atoms with Gasteiger partial charge in [0.15, 0.2) is 6.61 Å². The highest BCUT2D eigenvalue weighted by atomic mass is 19.1. The van der Waals surface area contributed by atoms with Gasteiger partial charge in [0.1, 0.15) is 12.4 Å². The van der Waals surface area contributed by atoms with Crippen LogP contribution in [0.2, 0.25) is 0 Å². The van der Waals surface area contributed by atoms with Crippen LogP contribution in [0.4, 0.5) is 4.39 Å². The van der Waals surface area contributed by atoms with E-state index < -0.39 is 12.6 Å². The Kier molecular flexibility index (Phi) is 6.67. The van der Waals surface area contributed by atoms with Crippen molar-refractivity contribution in [3.05, 3.63) is 99.6 Å². The van der Waals surface area contributed by atoms with E-state index in [0.717, 1.165) is 21.5 Å². The highest BCUT2D eigenvalue weighted by Crippen LogP contribution is 2.17. The number of aryl methyl sites for hydroxylation is 2. The maximum atomic E-state index is 13.1. The molecule has 0 unspecified atom stereocenters. The quantitative estimate of drug-likeness (QED) is 0.296. The first kappa shape index (κ1) is 23.1. The van der Waals surface area contributed by atoms with Crippen molar-refractivity contribution < 1.29 is 18.7 Å². The monoisotopic (exact) mass is 461 g/mol. The molecule has 0 N–H and O–H groups in total. The van der Waals surface area contributed by atoms with Gasteiger partial charge in [-0.05, 0) is 56.2 Å². The number of aromatic nitrogens is 3. The molecule has 2 aromatic heterocycles. The molecule has 0 amide bonds. The van der Waals surface area contributed by atoms with Crippen molar-refractivity contribution in [3.8, 4) is 0 Å². The molecular weight excluding hydrogens is 437 g/mol. The molecule has 0 spiro atoms. The summed E-state index contributed by atoms with van der Waals surface area (Å²) in [4.78, 5) is 41.7. The zero-order chi connectivity index (χ0) is 24.2. The van der Waals surface area contributed by atoms with Gasteiger partial charge in [0.25, 0.3) is 5.56 Å². The highest BCUT2D eigenvalue weighted by molar-refractivity contribution is 5.99. The van der Waals surface area contributed by atoms with Crippen molar-refractivity contribution in [1.29, 1.82) is 0 Å². The predicted molar refractivity (Wildman–Crippen MR) is 125 cm³/mol. The molecule has 2 aromatic carbocycles. The van der Waals surface area contributed by atoms with Crippen LogP contribution in [0.1, 0.15) is 27.3 Å². The van der Waals surface area contributed by atoms with Crippen LogP contribution in [-0.4, -0.2) is 32.5 Å². The minimum atomic E-state index is -0.697. The summed E-state index contributed by atoms with van der Waals surface area (Å²) in [5.41, 5.74) is 3.35. The fourth-order valence-corrected chi connectivity index (χ4v) is 3.95. The van der Waals surface area contributed by atoms with E-state index in [9.17, 15) is 18.8 Å².